The molecule has 2 heterocycles. The van der Waals surface area contributed by atoms with E-state index in [0.717, 1.165) is 52.6 Å². The zero-order chi connectivity index (χ0) is 17.9. The second kappa shape index (κ2) is 7.78. The average Bonchev–Trinajstić information content (AvgIpc) is 3.12. The number of likely N-dealkylation sites (tertiary alicyclic amines) is 1. The summed E-state index contributed by atoms with van der Waals surface area (Å²) in [6, 6.07) is 14.7. The van der Waals surface area contributed by atoms with Gasteiger partial charge in [-0.2, -0.15) is 5.10 Å². The minimum absolute atomic E-state index is 0.434. The van der Waals surface area contributed by atoms with Gasteiger partial charge in [-0.15, -0.1) is 0 Å². The Bertz CT molecular complexity index is 856. The molecule has 1 fully saturated rings. The van der Waals surface area contributed by atoms with Gasteiger partial charge < -0.3 is 15.3 Å². The van der Waals surface area contributed by atoms with Crippen LogP contribution in [0.5, 0.6) is 0 Å². The number of benzene rings is 2. The molecule has 26 heavy (non-hydrogen) atoms. The van der Waals surface area contributed by atoms with Gasteiger partial charge >= 0.3 is 0 Å². The van der Waals surface area contributed by atoms with Crippen LogP contribution in [0.1, 0.15) is 24.5 Å². The molecule has 1 aromatic heterocycles. The van der Waals surface area contributed by atoms with Gasteiger partial charge in [0.1, 0.15) is 0 Å². The molecule has 1 unspecified atom stereocenters. The van der Waals surface area contributed by atoms with Gasteiger partial charge in [-0.3, -0.25) is 5.10 Å². The van der Waals surface area contributed by atoms with Gasteiger partial charge in [0, 0.05) is 41.2 Å². The maximum atomic E-state index is 10.5. The standard InChI is InChI=1S/C20H23BrN4O/c21-16-3-1-14(2-4-16)20(26)13-25-9-7-17(8-10-25)23-18-5-6-19-15(11-18)12-22-24-19/h1-6,11-12,17,20,23,26H,7-10,13H2,(H,22,24). The lowest BCUT2D eigenvalue weighted by molar-refractivity contribution is 0.0991. The van der Waals surface area contributed by atoms with Crippen molar-refractivity contribution in [2.75, 3.05) is 25.0 Å². The van der Waals surface area contributed by atoms with E-state index < -0.39 is 6.10 Å². The van der Waals surface area contributed by atoms with Crippen molar-refractivity contribution >= 4 is 32.5 Å². The minimum Gasteiger partial charge on any atom is -0.387 e. The van der Waals surface area contributed by atoms with Crippen molar-refractivity contribution < 1.29 is 5.11 Å². The molecule has 1 aliphatic rings. The number of aliphatic hydroxyl groups is 1. The summed E-state index contributed by atoms with van der Waals surface area (Å²) >= 11 is 3.43. The second-order valence-electron chi connectivity index (χ2n) is 6.96. The van der Waals surface area contributed by atoms with Crippen LogP contribution >= 0.6 is 15.9 Å². The van der Waals surface area contributed by atoms with E-state index in [0.29, 0.717) is 12.6 Å². The second-order valence-corrected chi connectivity index (χ2v) is 7.87. The first-order valence-electron chi connectivity index (χ1n) is 9.03. The molecule has 1 aliphatic heterocycles. The van der Waals surface area contributed by atoms with Gasteiger partial charge in [-0.25, -0.2) is 0 Å². The average molecular weight is 415 g/mol. The third-order valence-corrected chi connectivity index (χ3v) is 5.61. The molecular weight excluding hydrogens is 392 g/mol. The molecule has 0 spiro atoms. The molecule has 1 atom stereocenters. The maximum Gasteiger partial charge on any atom is 0.0916 e. The van der Waals surface area contributed by atoms with Crippen molar-refractivity contribution in [2.45, 2.75) is 25.0 Å². The maximum absolute atomic E-state index is 10.5. The molecule has 0 saturated carbocycles. The number of halogens is 1. The molecular formula is C20H23BrN4O. The van der Waals surface area contributed by atoms with Crippen LogP contribution in [0.15, 0.2) is 53.1 Å². The van der Waals surface area contributed by atoms with E-state index in [1.807, 2.05) is 30.5 Å². The van der Waals surface area contributed by atoms with Gasteiger partial charge in [-0.1, -0.05) is 28.1 Å². The fourth-order valence-corrected chi connectivity index (χ4v) is 3.83. The van der Waals surface area contributed by atoms with E-state index in [1.165, 1.54) is 0 Å². The van der Waals surface area contributed by atoms with Crippen LogP contribution in [0, 0.1) is 0 Å². The monoisotopic (exact) mass is 414 g/mol. The molecule has 6 heteroatoms. The highest BCUT2D eigenvalue weighted by molar-refractivity contribution is 9.10. The van der Waals surface area contributed by atoms with E-state index >= 15 is 0 Å². The molecule has 0 amide bonds. The lowest BCUT2D eigenvalue weighted by Gasteiger charge is -2.34. The number of rotatable bonds is 5. The van der Waals surface area contributed by atoms with E-state index in [1.54, 1.807) is 0 Å². The number of aromatic nitrogens is 2. The smallest absolute Gasteiger partial charge is 0.0916 e. The zero-order valence-electron chi connectivity index (χ0n) is 14.5. The lowest BCUT2D eigenvalue weighted by atomic mass is 10.0. The van der Waals surface area contributed by atoms with Crippen LogP contribution in [-0.4, -0.2) is 45.9 Å². The van der Waals surface area contributed by atoms with Crippen LogP contribution in [0.2, 0.25) is 0 Å². The first-order chi connectivity index (χ1) is 12.7. The quantitative estimate of drug-likeness (QED) is 0.591. The summed E-state index contributed by atoms with van der Waals surface area (Å²) in [5, 5.41) is 22.3. The molecule has 1 saturated heterocycles. The fraction of sp³-hybridized carbons (Fsp3) is 0.350. The molecule has 4 rings (SSSR count). The number of aromatic amines is 1. The zero-order valence-corrected chi connectivity index (χ0v) is 16.1. The van der Waals surface area contributed by atoms with Crippen molar-refractivity contribution in [1.29, 1.82) is 0 Å². The largest absolute Gasteiger partial charge is 0.387 e. The highest BCUT2D eigenvalue weighted by Gasteiger charge is 2.21. The number of nitrogens with zero attached hydrogens (tertiary/aromatic N) is 2. The summed E-state index contributed by atoms with van der Waals surface area (Å²) in [5.74, 6) is 0. The molecule has 0 aliphatic carbocycles. The summed E-state index contributed by atoms with van der Waals surface area (Å²) in [5.41, 5.74) is 3.18. The van der Waals surface area contributed by atoms with Gasteiger partial charge in [0.2, 0.25) is 0 Å². The number of H-pyrrole nitrogens is 1. The van der Waals surface area contributed by atoms with Gasteiger partial charge in [-0.05, 0) is 48.7 Å². The Balaban J connectivity index is 1.28. The number of anilines is 1. The fourth-order valence-electron chi connectivity index (χ4n) is 3.56. The van der Waals surface area contributed by atoms with E-state index in [2.05, 4.69) is 54.5 Å². The first kappa shape index (κ1) is 17.5. The number of hydrogen-bond acceptors (Lipinski definition) is 4. The normalized spacial score (nSPS) is 17.5. The topological polar surface area (TPSA) is 64.2 Å². The van der Waals surface area contributed by atoms with E-state index in [4.69, 9.17) is 0 Å². The van der Waals surface area contributed by atoms with Gasteiger partial charge in [0.25, 0.3) is 0 Å². The van der Waals surface area contributed by atoms with Crippen molar-refractivity contribution in [3.63, 3.8) is 0 Å². The Labute approximate surface area is 161 Å². The van der Waals surface area contributed by atoms with Crippen LogP contribution in [-0.2, 0) is 0 Å². The van der Waals surface area contributed by atoms with E-state index in [-0.39, 0.29) is 0 Å². The summed E-state index contributed by atoms with van der Waals surface area (Å²) < 4.78 is 1.04. The van der Waals surface area contributed by atoms with E-state index in [9.17, 15) is 5.11 Å². The number of aliphatic hydroxyl groups excluding tert-OH is 1. The van der Waals surface area contributed by atoms with Gasteiger partial charge in [0.05, 0.1) is 17.8 Å². The number of fused-ring (bicyclic) bond motifs is 1. The number of hydrogen-bond donors (Lipinski definition) is 3. The highest BCUT2D eigenvalue weighted by atomic mass is 79.9. The van der Waals surface area contributed by atoms with Crippen LogP contribution in [0.25, 0.3) is 10.9 Å². The Morgan fingerprint density at radius 3 is 2.73 bits per heavy atom. The predicted molar refractivity (Wildman–Crippen MR) is 108 cm³/mol. The van der Waals surface area contributed by atoms with Crippen LogP contribution in [0.3, 0.4) is 0 Å². The Hall–Kier alpha value is -1.89. The Morgan fingerprint density at radius 1 is 1.19 bits per heavy atom. The SMILES string of the molecule is OC(CN1CCC(Nc2ccc3[nH]ncc3c2)CC1)c1ccc(Br)cc1. The van der Waals surface area contributed by atoms with Gasteiger partial charge in [0.15, 0.2) is 0 Å². The Kier molecular flexibility index (Phi) is 5.24. The highest BCUT2D eigenvalue weighted by Crippen LogP contribution is 2.23. The summed E-state index contributed by atoms with van der Waals surface area (Å²) in [4.78, 5) is 2.35. The predicted octanol–water partition coefficient (Wildman–Crippen LogP) is 3.94. The number of nitrogens with one attached hydrogen (secondary N) is 2. The third-order valence-electron chi connectivity index (χ3n) is 5.08. The summed E-state index contributed by atoms with van der Waals surface area (Å²) in [6.45, 7) is 2.69. The van der Waals surface area contributed by atoms with Crippen molar-refractivity contribution in [3.8, 4) is 0 Å². The molecule has 0 radical (unpaired) electrons. The molecule has 2 aromatic carbocycles. The summed E-state index contributed by atoms with van der Waals surface area (Å²) in [7, 11) is 0. The molecule has 5 nitrogen and oxygen atoms in total. The minimum atomic E-state index is -0.434. The molecule has 3 N–H and O–H groups in total. The van der Waals surface area contributed by atoms with Crippen LogP contribution < -0.4 is 5.32 Å². The van der Waals surface area contributed by atoms with Crippen molar-refractivity contribution in [2.24, 2.45) is 0 Å². The Morgan fingerprint density at radius 2 is 1.96 bits per heavy atom. The molecule has 0 bridgehead atoms. The van der Waals surface area contributed by atoms with Crippen molar-refractivity contribution in [3.05, 3.63) is 58.7 Å². The first-order valence-corrected chi connectivity index (χ1v) is 9.82. The molecule has 3 aromatic rings. The molecule has 136 valence electrons. The van der Waals surface area contributed by atoms with Crippen molar-refractivity contribution in [1.82, 2.24) is 15.1 Å². The third kappa shape index (κ3) is 4.09. The number of piperidine rings is 1. The summed E-state index contributed by atoms with van der Waals surface area (Å²) in [6.07, 6.45) is 3.58. The van der Waals surface area contributed by atoms with Crippen LogP contribution in [0.4, 0.5) is 5.69 Å². The number of β-amino-alcohol motifs (C(OH)–C–C–N with tert-alkyl or cyclic N) is 1. The lowest BCUT2D eigenvalue weighted by Crippen LogP contribution is -2.40.